The van der Waals surface area contributed by atoms with Crippen LogP contribution in [0.25, 0.3) is 10.9 Å². The van der Waals surface area contributed by atoms with Crippen LogP contribution in [0.15, 0.2) is 60.3 Å². The molecule has 2 nitrogen and oxygen atoms in total. The van der Waals surface area contributed by atoms with Gasteiger partial charge < -0.3 is 9.88 Å². The van der Waals surface area contributed by atoms with Crippen molar-refractivity contribution >= 4 is 34.1 Å². The molecule has 1 aliphatic carbocycles. The predicted octanol–water partition coefficient (Wildman–Crippen LogP) is 6.98. The molecule has 0 fully saturated rings. The Morgan fingerprint density at radius 3 is 2.71 bits per heavy atom. The average molecular weight is 413 g/mol. The van der Waals surface area contributed by atoms with Gasteiger partial charge in [0.05, 0.1) is 10.0 Å². The second-order valence-electron chi connectivity index (χ2n) is 7.58. The van der Waals surface area contributed by atoms with E-state index in [-0.39, 0.29) is 0 Å². The molecule has 0 saturated heterocycles. The highest BCUT2D eigenvalue weighted by Gasteiger charge is 2.10. The van der Waals surface area contributed by atoms with Gasteiger partial charge in [-0.15, -0.1) is 0 Å². The number of allylic oxidation sites excluding steroid dienone is 1. The lowest BCUT2D eigenvalue weighted by molar-refractivity contribution is 0.632. The SMILES string of the molecule is Clc1ccc(Cn2cc(CNCCC3=CCCCC3)c3ccccc32)cc1Cl. The van der Waals surface area contributed by atoms with Crippen molar-refractivity contribution in [2.24, 2.45) is 0 Å². The topological polar surface area (TPSA) is 17.0 Å². The summed E-state index contributed by atoms with van der Waals surface area (Å²) in [7, 11) is 0. The standard InChI is InChI=1S/C24H26Cl2N2/c25-22-11-10-19(14-23(22)26)16-28-17-20(21-8-4-5-9-24(21)28)15-27-13-12-18-6-2-1-3-7-18/h4-6,8-11,14,17,27H,1-3,7,12-13,15-16H2. The minimum absolute atomic E-state index is 0.598. The average Bonchev–Trinajstić information content (AvgIpc) is 3.07. The lowest BCUT2D eigenvalue weighted by Gasteiger charge is -2.12. The van der Waals surface area contributed by atoms with Gasteiger partial charge in [0, 0.05) is 30.2 Å². The summed E-state index contributed by atoms with van der Waals surface area (Å²) < 4.78 is 2.30. The van der Waals surface area contributed by atoms with Gasteiger partial charge in [0.1, 0.15) is 0 Å². The fourth-order valence-electron chi connectivity index (χ4n) is 4.03. The summed E-state index contributed by atoms with van der Waals surface area (Å²) in [6, 6.07) is 14.5. The van der Waals surface area contributed by atoms with Crippen LogP contribution in [0.4, 0.5) is 0 Å². The normalized spacial score (nSPS) is 14.4. The van der Waals surface area contributed by atoms with Crippen LogP contribution in [-0.2, 0) is 13.1 Å². The first-order valence-corrected chi connectivity index (χ1v) is 10.9. The second kappa shape index (κ2) is 9.17. The molecule has 28 heavy (non-hydrogen) atoms. The number of hydrogen-bond donors (Lipinski definition) is 1. The van der Waals surface area contributed by atoms with E-state index in [1.807, 2.05) is 18.2 Å². The molecule has 1 N–H and O–H groups in total. The Balaban J connectivity index is 1.46. The number of rotatable bonds is 7. The maximum absolute atomic E-state index is 6.20. The number of para-hydroxylation sites is 1. The zero-order valence-electron chi connectivity index (χ0n) is 16.1. The van der Waals surface area contributed by atoms with E-state index in [0.29, 0.717) is 10.0 Å². The van der Waals surface area contributed by atoms with E-state index >= 15 is 0 Å². The van der Waals surface area contributed by atoms with Gasteiger partial charge in [-0.05, 0) is 68.0 Å². The molecule has 4 rings (SSSR count). The molecular weight excluding hydrogens is 387 g/mol. The predicted molar refractivity (Wildman–Crippen MR) is 120 cm³/mol. The van der Waals surface area contributed by atoms with E-state index in [4.69, 9.17) is 23.2 Å². The van der Waals surface area contributed by atoms with Gasteiger partial charge in [0.15, 0.2) is 0 Å². The number of aromatic nitrogens is 1. The first-order valence-electron chi connectivity index (χ1n) is 10.1. The molecule has 0 spiro atoms. The Morgan fingerprint density at radius 2 is 1.89 bits per heavy atom. The number of nitrogens with zero attached hydrogens (tertiary/aromatic N) is 1. The minimum atomic E-state index is 0.598. The third-order valence-electron chi connectivity index (χ3n) is 5.53. The van der Waals surface area contributed by atoms with Gasteiger partial charge in [-0.3, -0.25) is 0 Å². The van der Waals surface area contributed by atoms with Gasteiger partial charge in [-0.1, -0.05) is 59.1 Å². The zero-order chi connectivity index (χ0) is 19.3. The molecule has 4 heteroatoms. The third kappa shape index (κ3) is 4.63. The Labute approximate surface area is 177 Å². The highest BCUT2D eigenvalue weighted by molar-refractivity contribution is 6.42. The maximum atomic E-state index is 6.20. The van der Waals surface area contributed by atoms with Crippen LogP contribution in [0.1, 0.15) is 43.2 Å². The Morgan fingerprint density at radius 1 is 1.00 bits per heavy atom. The number of halogens is 2. The second-order valence-corrected chi connectivity index (χ2v) is 8.40. The maximum Gasteiger partial charge on any atom is 0.0595 e. The van der Waals surface area contributed by atoms with Crippen LogP contribution in [-0.4, -0.2) is 11.1 Å². The van der Waals surface area contributed by atoms with E-state index < -0.39 is 0 Å². The number of nitrogens with one attached hydrogen (secondary N) is 1. The quantitative estimate of drug-likeness (QED) is 0.327. The van der Waals surface area contributed by atoms with Crippen molar-refractivity contribution in [1.29, 1.82) is 0 Å². The van der Waals surface area contributed by atoms with E-state index in [9.17, 15) is 0 Å². The van der Waals surface area contributed by atoms with E-state index in [1.54, 1.807) is 5.57 Å². The van der Waals surface area contributed by atoms with Gasteiger partial charge in [0.25, 0.3) is 0 Å². The molecule has 1 aliphatic rings. The Bertz CT molecular complexity index is 987. The molecule has 0 amide bonds. The Kier molecular flexibility index (Phi) is 6.41. The molecule has 0 atom stereocenters. The van der Waals surface area contributed by atoms with Crippen molar-refractivity contribution in [3.05, 3.63) is 81.5 Å². The lowest BCUT2D eigenvalue weighted by atomic mass is 9.97. The molecule has 1 aromatic heterocycles. The van der Waals surface area contributed by atoms with E-state index in [0.717, 1.165) is 25.2 Å². The number of benzene rings is 2. The van der Waals surface area contributed by atoms with Crippen molar-refractivity contribution in [2.45, 2.75) is 45.2 Å². The van der Waals surface area contributed by atoms with Crippen molar-refractivity contribution < 1.29 is 0 Å². The minimum Gasteiger partial charge on any atom is -0.343 e. The molecule has 2 aromatic carbocycles. The van der Waals surface area contributed by atoms with Gasteiger partial charge in [-0.2, -0.15) is 0 Å². The van der Waals surface area contributed by atoms with Gasteiger partial charge in [-0.25, -0.2) is 0 Å². The summed E-state index contributed by atoms with van der Waals surface area (Å²) in [5.74, 6) is 0. The molecule has 146 valence electrons. The molecule has 0 radical (unpaired) electrons. The molecule has 0 unspecified atom stereocenters. The van der Waals surface area contributed by atoms with Gasteiger partial charge >= 0.3 is 0 Å². The molecule has 3 aromatic rings. The first kappa shape index (κ1) is 19.6. The van der Waals surface area contributed by atoms with Crippen LogP contribution < -0.4 is 5.32 Å². The van der Waals surface area contributed by atoms with Crippen molar-refractivity contribution in [3.63, 3.8) is 0 Å². The largest absolute Gasteiger partial charge is 0.343 e. The van der Waals surface area contributed by atoms with Crippen LogP contribution in [0, 0.1) is 0 Å². The first-order chi connectivity index (χ1) is 13.7. The van der Waals surface area contributed by atoms with E-state index in [1.165, 1.54) is 48.6 Å². The monoisotopic (exact) mass is 412 g/mol. The molecule has 0 saturated carbocycles. The van der Waals surface area contributed by atoms with Crippen molar-refractivity contribution in [1.82, 2.24) is 9.88 Å². The molecule has 1 heterocycles. The van der Waals surface area contributed by atoms with Gasteiger partial charge in [0.2, 0.25) is 0 Å². The van der Waals surface area contributed by atoms with Crippen molar-refractivity contribution in [2.75, 3.05) is 6.54 Å². The molecular formula is C24H26Cl2N2. The van der Waals surface area contributed by atoms with Crippen LogP contribution in [0.2, 0.25) is 10.0 Å². The summed E-state index contributed by atoms with van der Waals surface area (Å²) in [5.41, 5.74) is 5.37. The van der Waals surface area contributed by atoms with E-state index in [2.05, 4.69) is 46.4 Å². The fraction of sp³-hybridized carbons (Fsp3) is 0.333. The summed E-state index contributed by atoms with van der Waals surface area (Å²) in [4.78, 5) is 0. The Hall–Kier alpha value is -1.74. The summed E-state index contributed by atoms with van der Waals surface area (Å²) in [5, 5.41) is 6.16. The summed E-state index contributed by atoms with van der Waals surface area (Å²) in [6.45, 7) is 2.71. The lowest BCUT2D eigenvalue weighted by Crippen LogP contribution is -2.15. The fourth-order valence-corrected chi connectivity index (χ4v) is 4.35. The number of fused-ring (bicyclic) bond motifs is 1. The van der Waals surface area contributed by atoms with Crippen molar-refractivity contribution in [3.8, 4) is 0 Å². The van der Waals surface area contributed by atoms with Crippen LogP contribution in [0.5, 0.6) is 0 Å². The van der Waals surface area contributed by atoms with Crippen LogP contribution >= 0.6 is 23.2 Å². The highest BCUT2D eigenvalue weighted by atomic mass is 35.5. The smallest absolute Gasteiger partial charge is 0.0595 e. The summed E-state index contributed by atoms with van der Waals surface area (Å²) in [6.07, 6.45) is 11.1. The number of hydrogen-bond acceptors (Lipinski definition) is 1. The molecule has 0 bridgehead atoms. The summed E-state index contributed by atoms with van der Waals surface area (Å²) >= 11 is 12.3. The van der Waals surface area contributed by atoms with Crippen LogP contribution in [0.3, 0.4) is 0 Å². The third-order valence-corrected chi connectivity index (χ3v) is 6.27. The molecule has 0 aliphatic heterocycles. The highest BCUT2D eigenvalue weighted by Crippen LogP contribution is 2.26. The zero-order valence-corrected chi connectivity index (χ0v) is 17.6.